The van der Waals surface area contributed by atoms with Crippen molar-refractivity contribution in [1.82, 2.24) is 0 Å². The Hall–Kier alpha value is -0.870. The van der Waals surface area contributed by atoms with Gasteiger partial charge in [-0.15, -0.1) is 0 Å². The molecule has 0 amide bonds. The first-order valence-corrected chi connectivity index (χ1v) is 9.31. The van der Waals surface area contributed by atoms with Crippen LogP contribution in [0.1, 0.15) is 32.1 Å². The average molecular weight is 464 g/mol. The highest BCUT2D eigenvalue weighted by Gasteiger charge is 2.14. The lowest BCUT2D eigenvalue weighted by Gasteiger charge is -2.17. The Labute approximate surface area is 161 Å². The third kappa shape index (κ3) is 12.5. The quantitative estimate of drug-likeness (QED) is 0.228. The van der Waals surface area contributed by atoms with Crippen LogP contribution < -0.4 is 0 Å². The molecule has 2 atom stereocenters. The molecule has 0 heterocycles. The van der Waals surface area contributed by atoms with Crippen LogP contribution >= 0.6 is 31.9 Å². The first-order valence-electron chi connectivity index (χ1n) is 7.60. The van der Waals surface area contributed by atoms with Crippen LogP contribution in [0.3, 0.4) is 0 Å². The number of ether oxygens (including phenoxy) is 2. The highest BCUT2D eigenvalue weighted by Crippen LogP contribution is 2.13. The van der Waals surface area contributed by atoms with Gasteiger partial charge < -0.3 is 14.6 Å². The molecule has 6 heteroatoms. The molecular formula is C18H24Br2O4. The number of halogens is 2. The van der Waals surface area contributed by atoms with Gasteiger partial charge in [-0.25, -0.2) is 0 Å². The zero-order chi connectivity index (χ0) is 18.2. The maximum atomic E-state index is 10.9. The predicted molar refractivity (Wildman–Crippen MR) is 104 cm³/mol. The molecule has 0 aliphatic carbocycles. The Kier molecular flexibility index (Phi) is 15.1. The average Bonchev–Trinajstić information content (AvgIpc) is 2.57. The zero-order valence-electron chi connectivity index (χ0n) is 14.0. The molecule has 0 aromatic rings. The molecule has 0 saturated carbocycles. The SMILES string of the molecule is COC(=O)CCCC#CC=CC(OC)C(O)CCC=C(Br)C=CBr. The van der Waals surface area contributed by atoms with E-state index in [1.54, 1.807) is 24.2 Å². The molecule has 0 radical (unpaired) electrons. The second kappa shape index (κ2) is 15.6. The molecule has 0 saturated heterocycles. The van der Waals surface area contributed by atoms with Crippen molar-refractivity contribution in [1.29, 1.82) is 0 Å². The highest BCUT2D eigenvalue weighted by molar-refractivity contribution is 9.12. The summed E-state index contributed by atoms with van der Waals surface area (Å²) in [5.41, 5.74) is 0. The second-order valence-electron chi connectivity index (χ2n) is 4.84. The number of esters is 1. The van der Waals surface area contributed by atoms with Gasteiger partial charge in [0.25, 0.3) is 0 Å². The number of aliphatic hydroxyl groups is 1. The fourth-order valence-corrected chi connectivity index (χ4v) is 2.75. The molecule has 1 N–H and O–H groups in total. The summed E-state index contributed by atoms with van der Waals surface area (Å²) in [6, 6.07) is 0. The number of allylic oxidation sites excluding steroid dienone is 4. The number of unbranched alkanes of at least 4 members (excludes halogenated alkanes) is 1. The van der Waals surface area contributed by atoms with E-state index in [4.69, 9.17) is 4.74 Å². The van der Waals surface area contributed by atoms with Gasteiger partial charge in [0.2, 0.25) is 0 Å². The van der Waals surface area contributed by atoms with Crippen LogP contribution in [0.5, 0.6) is 0 Å². The van der Waals surface area contributed by atoms with Gasteiger partial charge in [0.05, 0.1) is 13.2 Å². The van der Waals surface area contributed by atoms with E-state index in [1.165, 1.54) is 7.11 Å². The van der Waals surface area contributed by atoms with Crippen LogP contribution in [0, 0.1) is 11.8 Å². The molecule has 0 aliphatic heterocycles. The van der Waals surface area contributed by atoms with E-state index in [1.807, 2.05) is 12.2 Å². The van der Waals surface area contributed by atoms with Gasteiger partial charge in [-0.05, 0) is 42.5 Å². The van der Waals surface area contributed by atoms with Crippen molar-refractivity contribution in [3.8, 4) is 11.8 Å². The van der Waals surface area contributed by atoms with Gasteiger partial charge >= 0.3 is 5.97 Å². The Bertz CT molecular complexity index is 501. The Morgan fingerprint density at radius 2 is 2.12 bits per heavy atom. The molecule has 134 valence electrons. The lowest BCUT2D eigenvalue weighted by Crippen LogP contribution is -2.25. The number of carbonyl (C=O) groups excluding carboxylic acids is 1. The fraction of sp³-hybridized carbons (Fsp3) is 0.500. The normalized spacial score (nSPS) is 14.5. The van der Waals surface area contributed by atoms with Gasteiger partial charge in [0.1, 0.15) is 6.10 Å². The molecule has 0 aromatic heterocycles. The molecule has 0 aliphatic rings. The molecule has 0 bridgehead atoms. The summed E-state index contributed by atoms with van der Waals surface area (Å²) in [7, 11) is 2.93. The van der Waals surface area contributed by atoms with Crippen LogP contribution in [0.25, 0.3) is 0 Å². The molecule has 0 fully saturated rings. The van der Waals surface area contributed by atoms with Crippen molar-refractivity contribution >= 4 is 37.8 Å². The van der Waals surface area contributed by atoms with Gasteiger partial charge in [0, 0.05) is 24.4 Å². The van der Waals surface area contributed by atoms with E-state index < -0.39 is 12.2 Å². The standard InChI is InChI=1S/C18H24Br2O4/c1-23-17(16(21)10-8-9-15(20)13-14-19)11-6-4-3-5-7-12-18(22)24-2/h6,9,11,13-14,16-17,21H,5,7-8,10,12H2,1-2H3. The summed E-state index contributed by atoms with van der Waals surface area (Å²) in [5.74, 6) is 5.61. The maximum Gasteiger partial charge on any atom is 0.305 e. The van der Waals surface area contributed by atoms with Crippen molar-refractivity contribution in [2.75, 3.05) is 14.2 Å². The van der Waals surface area contributed by atoms with E-state index in [2.05, 4.69) is 48.4 Å². The molecule has 0 aromatic carbocycles. The molecule has 0 rings (SSSR count). The van der Waals surface area contributed by atoms with E-state index in [9.17, 15) is 9.90 Å². The van der Waals surface area contributed by atoms with Crippen molar-refractivity contribution < 1.29 is 19.4 Å². The molecular weight excluding hydrogens is 440 g/mol. The van der Waals surface area contributed by atoms with Gasteiger partial charge in [-0.3, -0.25) is 4.79 Å². The molecule has 24 heavy (non-hydrogen) atoms. The number of methoxy groups -OCH3 is 2. The summed E-state index contributed by atoms with van der Waals surface area (Å²) in [6.07, 6.45) is 9.27. The topological polar surface area (TPSA) is 55.8 Å². The van der Waals surface area contributed by atoms with E-state index in [0.717, 1.165) is 10.9 Å². The highest BCUT2D eigenvalue weighted by atomic mass is 79.9. The third-order valence-electron chi connectivity index (χ3n) is 3.06. The van der Waals surface area contributed by atoms with E-state index >= 15 is 0 Å². The van der Waals surface area contributed by atoms with Crippen molar-refractivity contribution in [3.05, 3.63) is 33.8 Å². The Morgan fingerprint density at radius 3 is 2.75 bits per heavy atom. The van der Waals surface area contributed by atoms with E-state index in [0.29, 0.717) is 25.7 Å². The van der Waals surface area contributed by atoms with Crippen molar-refractivity contribution in [2.24, 2.45) is 0 Å². The number of rotatable bonds is 10. The largest absolute Gasteiger partial charge is 0.469 e. The number of hydrogen-bond donors (Lipinski definition) is 1. The zero-order valence-corrected chi connectivity index (χ0v) is 17.2. The van der Waals surface area contributed by atoms with Gasteiger partial charge in [0.15, 0.2) is 0 Å². The molecule has 4 nitrogen and oxygen atoms in total. The van der Waals surface area contributed by atoms with Crippen LogP contribution in [-0.2, 0) is 14.3 Å². The second-order valence-corrected chi connectivity index (χ2v) is 6.28. The predicted octanol–water partition coefficient (Wildman–Crippen LogP) is 4.23. The first kappa shape index (κ1) is 23.1. The minimum absolute atomic E-state index is 0.220. The smallest absolute Gasteiger partial charge is 0.305 e. The molecule has 2 unspecified atom stereocenters. The van der Waals surface area contributed by atoms with Crippen LogP contribution in [-0.4, -0.2) is 37.5 Å². The first-order chi connectivity index (χ1) is 11.5. The summed E-state index contributed by atoms with van der Waals surface area (Å²) in [4.78, 5) is 12.7. The summed E-state index contributed by atoms with van der Waals surface area (Å²) in [6.45, 7) is 0. The number of aliphatic hydroxyl groups excluding tert-OH is 1. The fourth-order valence-electron chi connectivity index (χ4n) is 1.75. The molecule has 0 spiro atoms. The van der Waals surface area contributed by atoms with E-state index in [-0.39, 0.29) is 5.97 Å². The van der Waals surface area contributed by atoms with Gasteiger partial charge in [-0.1, -0.05) is 49.8 Å². The van der Waals surface area contributed by atoms with Crippen LogP contribution in [0.4, 0.5) is 0 Å². The summed E-state index contributed by atoms with van der Waals surface area (Å²) < 4.78 is 10.8. The Morgan fingerprint density at radius 1 is 1.38 bits per heavy atom. The van der Waals surface area contributed by atoms with Crippen LogP contribution in [0.2, 0.25) is 0 Å². The lowest BCUT2D eigenvalue weighted by molar-refractivity contribution is -0.140. The lowest BCUT2D eigenvalue weighted by atomic mass is 10.1. The van der Waals surface area contributed by atoms with Crippen molar-refractivity contribution in [3.63, 3.8) is 0 Å². The monoisotopic (exact) mass is 462 g/mol. The Balaban J connectivity index is 4.20. The minimum Gasteiger partial charge on any atom is -0.469 e. The number of carbonyl (C=O) groups is 1. The van der Waals surface area contributed by atoms with Crippen molar-refractivity contribution in [2.45, 2.75) is 44.3 Å². The maximum absolute atomic E-state index is 10.9. The summed E-state index contributed by atoms with van der Waals surface area (Å²) in [5, 5.41) is 10.1. The van der Waals surface area contributed by atoms with Gasteiger partial charge in [-0.2, -0.15) is 0 Å². The minimum atomic E-state index is -0.600. The van der Waals surface area contributed by atoms with Crippen LogP contribution in [0.15, 0.2) is 33.8 Å². The third-order valence-corrected chi connectivity index (χ3v) is 3.91. The number of hydrogen-bond acceptors (Lipinski definition) is 4. The summed E-state index contributed by atoms with van der Waals surface area (Å²) >= 11 is 6.60.